The molecule has 1 rings (SSSR count). The third-order valence-corrected chi connectivity index (χ3v) is 1.43. The van der Waals surface area contributed by atoms with E-state index in [2.05, 4.69) is 10.1 Å². The van der Waals surface area contributed by atoms with Crippen molar-refractivity contribution in [3.8, 4) is 0 Å². The number of carbonyl (C=O) groups excluding carboxylic acids is 1. The van der Waals surface area contributed by atoms with Gasteiger partial charge in [0.1, 0.15) is 0 Å². The van der Waals surface area contributed by atoms with Crippen LogP contribution in [0.5, 0.6) is 0 Å². The molecule has 0 aliphatic carbocycles. The molecule has 64 valence electrons. The van der Waals surface area contributed by atoms with Gasteiger partial charge in [-0.25, -0.2) is 4.79 Å². The summed E-state index contributed by atoms with van der Waals surface area (Å²) < 4.78 is 4.42. The maximum absolute atomic E-state index is 10.5. The number of hydrogen-bond acceptors (Lipinski definition) is 5. The van der Waals surface area contributed by atoms with Crippen LogP contribution in [0.1, 0.15) is 0 Å². The highest BCUT2D eigenvalue weighted by molar-refractivity contribution is 5.70. The van der Waals surface area contributed by atoms with E-state index in [1.807, 2.05) is 0 Å². The average molecular weight is 163 g/mol. The van der Waals surface area contributed by atoms with Crippen molar-refractivity contribution >= 4 is 6.09 Å². The summed E-state index contributed by atoms with van der Waals surface area (Å²) in [6.07, 6.45) is -3.58. The Morgan fingerprint density at radius 1 is 1.64 bits per heavy atom. The third kappa shape index (κ3) is 1.59. The van der Waals surface area contributed by atoms with Crippen LogP contribution in [0, 0.1) is 0 Å². The lowest BCUT2D eigenvalue weighted by Crippen LogP contribution is -2.41. The maximum Gasteiger partial charge on any atom is 0.408 e. The highest BCUT2D eigenvalue weighted by Crippen LogP contribution is 2.10. The SMILES string of the molecule is O=C1NC(CO)C(C(O)O)O1. The topological polar surface area (TPSA) is 99.0 Å². The summed E-state index contributed by atoms with van der Waals surface area (Å²) >= 11 is 0. The molecular formula is C5H9NO5. The minimum atomic E-state index is -1.76. The molecule has 1 amide bonds. The van der Waals surface area contributed by atoms with Crippen LogP contribution >= 0.6 is 0 Å². The summed E-state index contributed by atoms with van der Waals surface area (Å²) in [6.45, 7) is -0.381. The summed E-state index contributed by atoms with van der Waals surface area (Å²) in [4.78, 5) is 10.5. The second-order valence-corrected chi connectivity index (χ2v) is 2.22. The monoisotopic (exact) mass is 163 g/mol. The van der Waals surface area contributed by atoms with E-state index in [1.165, 1.54) is 0 Å². The fourth-order valence-corrected chi connectivity index (χ4v) is 0.891. The number of cyclic esters (lactones) is 1. The summed E-state index contributed by atoms with van der Waals surface area (Å²) in [7, 11) is 0. The van der Waals surface area contributed by atoms with Crippen LogP contribution in [-0.4, -0.2) is 46.5 Å². The van der Waals surface area contributed by atoms with E-state index in [0.717, 1.165) is 0 Å². The van der Waals surface area contributed by atoms with Gasteiger partial charge in [-0.3, -0.25) is 0 Å². The molecule has 1 fully saturated rings. The number of aliphatic hydroxyl groups excluding tert-OH is 2. The first-order valence-electron chi connectivity index (χ1n) is 3.09. The summed E-state index contributed by atoms with van der Waals surface area (Å²) in [6, 6.07) is -0.734. The molecule has 2 unspecified atom stereocenters. The lowest BCUT2D eigenvalue weighted by molar-refractivity contribution is -0.120. The lowest BCUT2D eigenvalue weighted by atomic mass is 10.2. The summed E-state index contributed by atoms with van der Waals surface area (Å²) in [5, 5.41) is 28.0. The molecule has 0 radical (unpaired) electrons. The number of nitrogens with one attached hydrogen (secondary N) is 1. The van der Waals surface area contributed by atoms with Crippen molar-refractivity contribution in [1.82, 2.24) is 5.32 Å². The Balaban J connectivity index is 2.57. The van der Waals surface area contributed by atoms with Gasteiger partial charge in [0.05, 0.1) is 12.6 Å². The Bertz CT molecular complexity index is 159. The van der Waals surface area contributed by atoms with Crippen LogP contribution in [0.25, 0.3) is 0 Å². The Labute approximate surface area is 62.4 Å². The number of amides is 1. The number of rotatable bonds is 2. The average Bonchev–Trinajstić information content (AvgIpc) is 2.30. The van der Waals surface area contributed by atoms with Crippen molar-refractivity contribution < 1.29 is 24.9 Å². The van der Waals surface area contributed by atoms with Crippen molar-refractivity contribution in [2.75, 3.05) is 6.61 Å². The van der Waals surface area contributed by atoms with Crippen LogP contribution in [-0.2, 0) is 4.74 Å². The Kier molecular flexibility index (Phi) is 2.28. The summed E-state index contributed by atoms with van der Waals surface area (Å²) in [5.74, 6) is 0. The maximum atomic E-state index is 10.5. The summed E-state index contributed by atoms with van der Waals surface area (Å²) in [5.41, 5.74) is 0. The number of ether oxygens (including phenoxy) is 1. The number of alkyl carbamates (subject to hydrolysis) is 1. The Morgan fingerprint density at radius 3 is 2.64 bits per heavy atom. The van der Waals surface area contributed by atoms with Gasteiger partial charge in [0.2, 0.25) is 0 Å². The van der Waals surface area contributed by atoms with E-state index in [9.17, 15) is 4.79 Å². The predicted molar refractivity (Wildman–Crippen MR) is 32.5 cm³/mol. The van der Waals surface area contributed by atoms with E-state index in [-0.39, 0.29) is 6.61 Å². The first kappa shape index (κ1) is 8.25. The minimum absolute atomic E-state index is 0.381. The van der Waals surface area contributed by atoms with E-state index in [4.69, 9.17) is 15.3 Å². The molecule has 0 spiro atoms. The molecular weight excluding hydrogens is 154 g/mol. The van der Waals surface area contributed by atoms with E-state index in [1.54, 1.807) is 0 Å². The van der Waals surface area contributed by atoms with E-state index >= 15 is 0 Å². The largest absolute Gasteiger partial charge is 0.439 e. The zero-order chi connectivity index (χ0) is 8.43. The fraction of sp³-hybridized carbons (Fsp3) is 0.800. The van der Waals surface area contributed by atoms with Gasteiger partial charge in [-0.15, -0.1) is 0 Å². The van der Waals surface area contributed by atoms with Crippen molar-refractivity contribution in [3.05, 3.63) is 0 Å². The zero-order valence-corrected chi connectivity index (χ0v) is 5.60. The van der Waals surface area contributed by atoms with Gasteiger partial charge in [0, 0.05) is 0 Å². The zero-order valence-electron chi connectivity index (χ0n) is 5.60. The molecule has 1 aliphatic heterocycles. The molecule has 0 bridgehead atoms. The van der Waals surface area contributed by atoms with Gasteiger partial charge in [-0.2, -0.15) is 0 Å². The van der Waals surface area contributed by atoms with Gasteiger partial charge in [-0.1, -0.05) is 0 Å². The standard InChI is InChI=1S/C5H9NO5/c7-1-2-3(4(8)9)11-5(10)6-2/h2-4,7-9H,1H2,(H,6,10). The molecule has 4 N–H and O–H groups in total. The second kappa shape index (κ2) is 3.04. The van der Waals surface area contributed by atoms with Crippen LogP contribution in [0.15, 0.2) is 0 Å². The third-order valence-electron chi connectivity index (χ3n) is 1.43. The van der Waals surface area contributed by atoms with Gasteiger partial charge in [-0.05, 0) is 0 Å². The smallest absolute Gasteiger partial charge is 0.408 e. The minimum Gasteiger partial charge on any atom is -0.439 e. The molecule has 6 nitrogen and oxygen atoms in total. The van der Waals surface area contributed by atoms with Gasteiger partial charge in [0.25, 0.3) is 0 Å². The highest BCUT2D eigenvalue weighted by Gasteiger charge is 2.37. The molecule has 11 heavy (non-hydrogen) atoms. The van der Waals surface area contributed by atoms with Crippen LogP contribution in [0.3, 0.4) is 0 Å². The lowest BCUT2D eigenvalue weighted by Gasteiger charge is -2.15. The quantitative estimate of drug-likeness (QED) is 0.345. The van der Waals surface area contributed by atoms with Gasteiger partial charge in [0.15, 0.2) is 12.4 Å². The number of aliphatic hydroxyl groups is 3. The first-order chi connectivity index (χ1) is 5.15. The normalized spacial score (nSPS) is 30.4. The Hall–Kier alpha value is -0.850. The molecule has 0 aromatic carbocycles. The first-order valence-corrected chi connectivity index (χ1v) is 3.09. The van der Waals surface area contributed by atoms with Crippen molar-refractivity contribution in [1.29, 1.82) is 0 Å². The molecule has 1 aliphatic rings. The van der Waals surface area contributed by atoms with Crippen LogP contribution < -0.4 is 5.32 Å². The van der Waals surface area contributed by atoms with E-state index in [0.29, 0.717) is 0 Å². The van der Waals surface area contributed by atoms with Crippen molar-refractivity contribution in [3.63, 3.8) is 0 Å². The number of hydrogen-bond donors (Lipinski definition) is 4. The molecule has 0 aromatic rings. The molecule has 0 saturated carbocycles. The van der Waals surface area contributed by atoms with E-state index < -0.39 is 24.5 Å². The molecule has 1 heterocycles. The van der Waals surface area contributed by atoms with Crippen molar-refractivity contribution in [2.45, 2.75) is 18.4 Å². The molecule has 2 atom stereocenters. The fourth-order valence-electron chi connectivity index (χ4n) is 0.891. The Morgan fingerprint density at radius 2 is 2.27 bits per heavy atom. The van der Waals surface area contributed by atoms with Crippen LogP contribution in [0.2, 0.25) is 0 Å². The molecule has 0 aromatic heterocycles. The molecule has 6 heteroatoms. The van der Waals surface area contributed by atoms with Crippen molar-refractivity contribution in [2.24, 2.45) is 0 Å². The van der Waals surface area contributed by atoms with Gasteiger partial charge < -0.3 is 25.4 Å². The van der Waals surface area contributed by atoms with Gasteiger partial charge >= 0.3 is 6.09 Å². The van der Waals surface area contributed by atoms with Crippen LogP contribution in [0.4, 0.5) is 4.79 Å². The second-order valence-electron chi connectivity index (χ2n) is 2.22. The predicted octanol–water partition coefficient (Wildman–Crippen LogP) is -2.23. The number of carbonyl (C=O) groups is 1. The highest BCUT2D eigenvalue weighted by atomic mass is 16.6. The molecule has 1 saturated heterocycles.